The molecule has 0 aliphatic carbocycles. The van der Waals surface area contributed by atoms with Crippen LogP contribution in [0.2, 0.25) is 5.02 Å². The fourth-order valence-electron chi connectivity index (χ4n) is 2.58. The summed E-state index contributed by atoms with van der Waals surface area (Å²) in [5.74, 6) is 2.50. The first kappa shape index (κ1) is 14.6. The highest BCUT2D eigenvalue weighted by Gasteiger charge is 2.23. The SMILES string of the molecule is CCNc1ccc(Cl)c(CN2CCC(C)C(C)C2)n1. The first-order valence-corrected chi connectivity index (χ1v) is 7.59. The minimum absolute atomic E-state index is 0.754. The Labute approximate surface area is 121 Å². The zero-order chi connectivity index (χ0) is 13.8. The number of hydrogen-bond acceptors (Lipinski definition) is 3. The van der Waals surface area contributed by atoms with Crippen molar-refractivity contribution < 1.29 is 0 Å². The Morgan fingerprint density at radius 1 is 1.37 bits per heavy atom. The number of likely N-dealkylation sites (tertiary alicyclic amines) is 1. The normalized spacial score (nSPS) is 24.4. The van der Waals surface area contributed by atoms with E-state index in [4.69, 9.17) is 11.6 Å². The zero-order valence-electron chi connectivity index (χ0n) is 12.1. The minimum Gasteiger partial charge on any atom is -0.370 e. The molecule has 19 heavy (non-hydrogen) atoms. The van der Waals surface area contributed by atoms with Crippen LogP contribution in [0.1, 0.15) is 32.9 Å². The molecular formula is C15H24ClN3. The molecule has 0 amide bonds. The Bertz CT molecular complexity index is 422. The second kappa shape index (κ2) is 6.58. The van der Waals surface area contributed by atoms with Gasteiger partial charge < -0.3 is 5.32 Å². The van der Waals surface area contributed by atoms with Gasteiger partial charge in [-0.2, -0.15) is 0 Å². The molecule has 1 saturated heterocycles. The second-order valence-electron chi connectivity index (χ2n) is 5.63. The van der Waals surface area contributed by atoms with Gasteiger partial charge in [0, 0.05) is 19.6 Å². The van der Waals surface area contributed by atoms with E-state index in [1.165, 1.54) is 6.42 Å². The Kier molecular flexibility index (Phi) is 5.06. The van der Waals surface area contributed by atoms with Crippen LogP contribution in [0.5, 0.6) is 0 Å². The molecule has 1 aromatic rings. The highest BCUT2D eigenvalue weighted by atomic mass is 35.5. The van der Waals surface area contributed by atoms with Crippen molar-refractivity contribution in [1.82, 2.24) is 9.88 Å². The molecule has 2 rings (SSSR count). The molecule has 0 spiro atoms. The standard InChI is InChI=1S/C15H24ClN3/c1-4-17-15-6-5-13(16)14(18-15)10-19-8-7-11(2)12(3)9-19/h5-6,11-12H,4,7-10H2,1-3H3,(H,17,18). The van der Waals surface area contributed by atoms with Gasteiger partial charge in [0.25, 0.3) is 0 Å². The van der Waals surface area contributed by atoms with E-state index in [1.54, 1.807) is 0 Å². The molecule has 4 heteroatoms. The molecule has 0 radical (unpaired) electrons. The number of nitrogens with one attached hydrogen (secondary N) is 1. The molecule has 1 aromatic heterocycles. The molecule has 0 saturated carbocycles. The number of hydrogen-bond donors (Lipinski definition) is 1. The van der Waals surface area contributed by atoms with Crippen LogP contribution in [0.4, 0.5) is 5.82 Å². The lowest BCUT2D eigenvalue weighted by molar-refractivity contribution is 0.131. The van der Waals surface area contributed by atoms with Crippen molar-refractivity contribution in [3.63, 3.8) is 0 Å². The smallest absolute Gasteiger partial charge is 0.126 e. The lowest BCUT2D eigenvalue weighted by atomic mass is 9.88. The third-order valence-corrected chi connectivity index (χ3v) is 4.41. The van der Waals surface area contributed by atoms with Crippen LogP contribution in [0.25, 0.3) is 0 Å². The van der Waals surface area contributed by atoms with Gasteiger partial charge >= 0.3 is 0 Å². The average Bonchev–Trinajstić information content (AvgIpc) is 2.38. The Morgan fingerprint density at radius 2 is 2.16 bits per heavy atom. The fourth-order valence-corrected chi connectivity index (χ4v) is 2.74. The van der Waals surface area contributed by atoms with Crippen molar-refractivity contribution in [2.24, 2.45) is 11.8 Å². The van der Waals surface area contributed by atoms with E-state index in [2.05, 4.69) is 36.0 Å². The monoisotopic (exact) mass is 281 g/mol. The molecule has 1 fully saturated rings. The van der Waals surface area contributed by atoms with Crippen molar-refractivity contribution in [3.8, 4) is 0 Å². The summed E-state index contributed by atoms with van der Waals surface area (Å²) in [4.78, 5) is 7.08. The first-order chi connectivity index (χ1) is 9.10. The predicted octanol–water partition coefficient (Wildman–Crippen LogP) is 3.64. The number of aromatic nitrogens is 1. The topological polar surface area (TPSA) is 28.2 Å². The van der Waals surface area contributed by atoms with Gasteiger partial charge in [0.05, 0.1) is 10.7 Å². The van der Waals surface area contributed by atoms with Crippen LogP contribution < -0.4 is 5.32 Å². The molecule has 2 atom stereocenters. The van der Waals surface area contributed by atoms with Crippen molar-refractivity contribution in [3.05, 3.63) is 22.8 Å². The summed E-state index contributed by atoms with van der Waals surface area (Å²) in [6.45, 7) is 10.8. The molecule has 3 nitrogen and oxygen atoms in total. The summed E-state index contributed by atoms with van der Waals surface area (Å²) in [7, 11) is 0. The molecule has 2 heterocycles. The van der Waals surface area contributed by atoms with E-state index in [9.17, 15) is 0 Å². The van der Waals surface area contributed by atoms with Gasteiger partial charge in [0.2, 0.25) is 0 Å². The second-order valence-corrected chi connectivity index (χ2v) is 6.04. The van der Waals surface area contributed by atoms with Crippen molar-refractivity contribution in [2.75, 3.05) is 25.0 Å². The highest BCUT2D eigenvalue weighted by Crippen LogP contribution is 2.25. The summed E-state index contributed by atoms with van der Waals surface area (Å²) in [6, 6.07) is 3.88. The number of pyridine rings is 1. The molecule has 1 aliphatic heterocycles. The number of rotatable bonds is 4. The van der Waals surface area contributed by atoms with E-state index in [-0.39, 0.29) is 0 Å². The van der Waals surface area contributed by atoms with Crippen LogP contribution >= 0.6 is 11.6 Å². The fraction of sp³-hybridized carbons (Fsp3) is 0.667. The maximum Gasteiger partial charge on any atom is 0.126 e. The van der Waals surface area contributed by atoms with Crippen molar-refractivity contribution in [1.29, 1.82) is 0 Å². The summed E-state index contributed by atoms with van der Waals surface area (Å²) in [6.07, 6.45) is 1.27. The number of halogens is 1. The molecule has 1 aliphatic rings. The molecule has 2 unspecified atom stereocenters. The first-order valence-electron chi connectivity index (χ1n) is 7.21. The van der Waals surface area contributed by atoms with Gasteiger partial charge in [0.1, 0.15) is 5.82 Å². The summed E-state index contributed by atoms with van der Waals surface area (Å²) in [5, 5.41) is 4.01. The average molecular weight is 282 g/mol. The van der Waals surface area contributed by atoms with Crippen LogP contribution in [0.15, 0.2) is 12.1 Å². The van der Waals surface area contributed by atoms with Gasteiger partial charge in [-0.05, 0) is 43.9 Å². The Balaban J connectivity index is 2.04. The van der Waals surface area contributed by atoms with Crippen LogP contribution in [0.3, 0.4) is 0 Å². The quantitative estimate of drug-likeness (QED) is 0.913. The van der Waals surface area contributed by atoms with E-state index in [0.29, 0.717) is 0 Å². The predicted molar refractivity (Wildman–Crippen MR) is 81.6 cm³/mol. The van der Waals surface area contributed by atoms with E-state index >= 15 is 0 Å². The summed E-state index contributed by atoms with van der Waals surface area (Å²) in [5.41, 5.74) is 0.988. The maximum absolute atomic E-state index is 6.26. The van der Waals surface area contributed by atoms with Gasteiger partial charge in [-0.3, -0.25) is 4.90 Å². The molecule has 0 aromatic carbocycles. The molecular weight excluding hydrogens is 258 g/mol. The maximum atomic E-state index is 6.26. The summed E-state index contributed by atoms with van der Waals surface area (Å²) >= 11 is 6.26. The molecule has 1 N–H and O–H groups in total. The highest BCUT2D eigenvalue weighted by molar-refractivity contribution is 6.31. The van der Waals surface area contributed by atoms with Gasteiger partial charge in [0.15, 0.2) is 0 Å². The van der Waals surface area contributed by atoms with Crippen LogP contribution in [0, 0.1) is 11.8 Å². The largest absolute Gasteiger partial charge is 0.370 e. The molecule has 106 valence electrons. The molecule has 0 bridgehead atoms. The third kappa shape index (κ3) is 3.83. The number of nitrogens with zero attached hydrogens (tertiary/aromatic N) is 2. The Hall–Kier alpha value is -0.800. The number of piperidine rings is 1. The number of anilines is 1. The van der Waals surface area contributed by atoms with Gasteiger partial charge in [-0.1, -0.05) is 25.4 Å². The van der Waals surface area contributed by atoms with E-state index in [0.717, 1.165) is 54.5 Å². The lowest BCUT2D eigenvalue weighted by Crippen LogP contribution is -2.38. The van der Waals surface area contributed by atoms with Gasteiger partial charge in [-0.15, -0.1) is 0 Å². The van der Waals surface area contributed by atoms with E-state index < -0.39 is 0 Å². The minimum atomic E-state index is 0.754. The zero-order valence-corrected chi connectivity index (χ0v) is 12.9. The van der Waals surface area contributed by atoms with E-state index in [1.807, 2.05) is 12.1 Å². The van der Waals surface area contributed by atoms with Crippen LogP contribution in [-0.2, 0) is 6.54 Å². The van der Waals surface area contributed by atoms with Crippen LogP contribution in [-0.4, -0.2) is 29.5 Å². The Morgan fingerprint density at radius 3 is 2.84 bits per heavy atom. The van der Waals surface area contributed by atoms with Crippen molar-refractivity contribution >= 4 is 17.4 Å². The lowest BCUT2D eigenvalue weighted by Gasteiger charge is -2.35. The third-order valence-electron chi connectivity index (χ3n) is 4.07. The summed E-state index contributed by atoms with van der Waals surface area (Å²) < 4.78 is 0. The van der Waals surface area contributed by atoms with Gasteiger partial charge in [-0.25, -0.2) is 4.98 Å². The van der Waals surface area contributed by atoms with Crippen molar-refractivity contribution in [2.45, 2.75) is 33.7 Å².